The molecule has 1 aliphatic rings. The van der Waals surface area contributed by atoms with Gasteiger partial charge in [0.05, 0.1) is 5.56 Å². The number of para-hydroxylation sites is 1. The van der Waals surface area contributed by atoms with Crippen molar-refractivity contribution in [2.45, 2.75) is 0 Å². The van der Waals surface area contributed by atoms with Crippen LogP contribution >= 0.6 is 0 Å². The molecule has 23 heavy (non-hydrogen) atoms. The van der Waals surface area contributed by atoms with Gasteiger partial charge in [0.2, 0.25) is 5.91 Å². The second-order valence-corrected chi connectivity index (χ2v) is 5.55. The van der Waals surface area contributed by atoms with Gasteiger partial charge in [0.25, 0.3) is 0 Å². The van der Waals surface area contributed by atoms with Crippen molar-refractivity contribution in [3.05, 3.63) is 84.4 Å². The molecular weight excluding hydrogens is 283 g/mol. The molecule has 0 saturated carbocycles. The fourth-order valence-corrected chi connectivity index (χ4v) is 2.99. The zero-order valence-electron chi connectivity index (χ0n) is 12.5. The van der Waals surface area contributed by atoms with Gasteiger partial charge in [-0.15, -0.1) is 0 Å². The molecule has 2 N–H and O–H groups in total. The van der Waals surface area contributed by atoms with Crippen LogP contribution in [0.4, 0.5) is 5.69 Å². The van der Waals surface area contributed by atoms with E-state index < -0.39 is 0 Å². The Hall–Kier alpha value is -3.01. The van der Waals surface area contributed by atoms with Crippen molar-refractivity contribution in [2.75, 3.05) is 5.23 Å². The topological polar surface area (TPSA) is 41.1 Å². The molecule has 0 radical (unpaired) electrons. The van der Waals surface area contributed by atoms with E-state index in [0.29, 0.717) is 5.56 Å². The van der Waals surface area contributed by atoms with Gasteiger partial charge in [-0.1, -0.05) is 66.7 Å². The van der Waals surface area contributed by atoms with Gasteiger partial charge in [0.1, 0.15) is 0 Å². The van der Waals surface area contributed by atoms with Crippen molar-refractivity contribution in [3.8, 4) is 11.1 Å². The molecule has 110 valence electrons. The summed E-state index contributed by atoms with van der Waals surface area (Å²) in [5, 5.41) is 6.47. The molecule has 0 saturated heterocycles. The van der Waals surface area contributed by atoms with E-state index in [0.717, 1.165) is 22.3 Å². The number of amides is 1. The summed E-state index contributed by atoms with van der Waals surface area (Å²) < 4.78 is 0. The van der Waals surface area contributed by atoms with Gasteiger partial charge in [-0.3, -0.25) is 4.79 Å². The Bertz CT molecular complexity index is 864. The molecule has 1 heterocycles. The lowest BCUT2D eigenvalue weighted by Crippen LogP contribution is -2.57. The van der Waals surface area contributed by atoms with Crippen LogP contribution in [0.1, 0.15) is 10.4 Å². The maximum absolute atomic E-state index is 12.4. The highest BCUT2D eigenvalue weighted by Gasteiger charge is 2.30. The number of carbonyl (C=O) groups excluding carboxylic acids is 1. The average molecular weight is 298 g/mol. The molecule has 0 bridgehead atoms. The fraction of sp³-hybridized carbons (Fsp3) is 0. The number of rotatable bonds is 2. The van der Waals surface area contributed by atoms with Gasteiger partial charge in [0, 0.05) is 5.69 Å². The Morgan fingerprint density at radius 2 is 1.30 bits per heavy atom. The van der Waals surface area contributed by atoms with Crippen molar-refractivity contribution in [1.82, 2.24) is 5.23 Å². The van der Waals surface area contributed by atoms with Gasteiger partial charge < -0.3 is 10.5 Å². The minimum atomic E-state index is -0.242. The van der Waals surface area contributed by atoms with Crippen molar-refractivity contribution < 1.29 is 4.79 Å². The van der Waals surface area contributed by atoms with E-state index in [4.69, 9.17) is 0 Å². The maximum Gasteiger partial charge on any atom is 0.409 e. The quantitative estimate of drug-likeness (QED) is 0.714. The molecule has 3 aromatic rings. The van der Waals surface area contributed by atoms with E-state index in [1.54, 1.807) is 0 Å². The first-order chi connectivity index (χ1) is 11.3. The summed E-state index contributed by atoms with van der Waals surface area (Å²) in [7, 11) is 0. The van der Waals surface area contributed by atoms with Crippen LogP contribution in [-0.4, -0.2) is 12.9 Å². The first-order valence-electron chi connectivity index (χ1n) is 7.64. The molecular formula is C19H15BN2O. The third-order valence-corrected chi connectivity index (χ3v) is 4.10. The largest absolute Gasteiger partial charge is 0.409 e. The zero-order valence-corrected chi connectivity index (χ0v) is 12.5. The summed E-state index contributed by atoms with van der Waals surface area (Å²) in [4.78, 5) is 12.4. The number of fused-ring (bicyclic) bond motifs is 1. The smallest absolute Gasteiger partial charge is 0.405 e. The Labute approximate surface area is 135 Å². The van der Waals surface area contributed by atoms with E-state index in [-0.39, 0.29) is 12.9 Å². The van der Waals surface area contributed by atoms with Crippen LogP contribution in [0.5, 0.6) is 0 Å². The summed E-state index contributed by atoms with van der Waals surface area (Å²) in [6, 6.07) is 25.9. The second kappa shape index (κ2) is 5.65. The molecule has 1 aliphatic heterocycles. The predicted octanol–water partition coefficient (Wildman–Crippen LogP) is 2.90. The molecule has 0 fully saturated rings. The van der Waals surface area contributed by atoms with Crippen LogP contribution in [0.3, 0.4) is 0 Å². The molecule has 4 rings (SSSR count). The van der Waals surface area contributed by atoms with Gasteiger partial charge in [-0.2, -0.15) is 0 Å². The molecule has 0 aromatic heterocycles. The van der Waals surface area contributed by atoms with Gasteiger partial charge in [-0.25, -0.2) is 0 Å². The summed E-state index contributed by atoms with van der Waals surface area (Å²) in [6.07, 6.45) is 0. The van der Waals surface area contributed by atoms with E-state index in [1.165, 1.54) is 0 Å². The molecule has 4 heteroatoms. The van der Waals surface area contributed by atoms with Crippen LogP contribution in [-0.2, 0) is 0 Å². The van der Waals surface area contributed by atoms with Crippen LogP contribution in [0.25, 0.3) is 11.1 Å². The summed E-state index contributed by atoms with van der Waals surface area (Å²) in [6.45, 7) is -0.242. The maximum atomic E-state index is 12.4. The number of nitrogens with one attached hydrogen (secondary N) is 2. The first-order valence-corrected chi connectivity index (χ1v) is 7.64. The van der Waals surface area contributed by atoms with Crippen molar-refractivity contribution >= 4 is 24.0 Å². The Balaban J connectivity index is 1.77. The van der Waals surface area contributed by atoms with Gasteiger partial charge in [0.15, 0.2) is 0 Å². The van der Waals surface area contributed by atoms with Crippen molar-refractivity contribution in [2.24, 2.45) is 0 Å². The first kappa shape index (κ1) is 13.6. The van der Waals surface area contributed by atoms with E-state index in [1.807, 2.05) is 60.7 Å². The zero-order chi connectivity index (χ0) is 15.6. The third kappa shape index (κ3) is 2.48. The third-order valence-electron chi connectivity index (χ3n) is 4.10. The SMILES string of the molecule is O=C1NB(c2ccccc2-c2ccccc2)Nc2ccccc21. The normalized spacial score (nSPS) is 13.0. The molecule has 0 atom stereocenters. The fourth-order valence-electron chi connectivity index (χ4n) is 2.99. The standard InChI is InChI=1S/C19H15BN2O/c23-19-16-11-5-7-13-18(16)21-20(22-19)17-12-6-4-10-15(17)14-8-2-1-3-9-14/h1-13,21H,(H,22,23). The molecule has 1 amide bonds. The van der Waals surface area contributed by atoms with Crippen molar-refractivity contribution in [1.29, 1.82) is 0 Å². The molecule has 3 nitrogen and oxygen atoms in total. The Kier molecular flexibility index (Phi) is 3.35. The number of hydrogen-bond acceptors (Lipinski definition) is 2. The molecule has 0 aliphatic carbocycles. The van der Waals surface area contributed by atoms with Gasteiger partial charge in [-0.05, 0) is 28.7 Å². The Morgan fingerprint density at radius 3 is 2.13 bits per heavy atom. The van der Waals surface area contributed by atoms with Crippen molar-refractivity contribution in [3.63, 3.8) is 0 Å². The molecule has 3 aromatic carbocycles. The average Bonchev–Trinajstić information content (AvgIpc) is 2.62. The summed E-state index contributed by atoms with van der Waals surface area (Å²) >= 11 is 0. The van der Waals surface area contributed by atoms with E-state index in [2.05, 4.69) is 28.7 Å². The van der Waals surface area contributed by atoms with E-state index >= 15 is 0 Å². The highest BCUT2D eigenvalue weighted by molar-refractivity contribution is 6.78. The van der Waals surface area contributed by atoms with Gasteiger partial charge >= 0.3 is 6.98 Å². The van der Waals surface area contributed by atoms with Crippen LogP contribution in [0.2, 0.25) is 0 Å². The minimum absolute atomic E-state index is 0.0489. The molecule has 0 unspecified atom stereocenters. The lowest BCUT2D eigenvalue weighted by atomic mass is 9.63. The lowest BCUT2D eigenvalue weighted by molar-refractivity contribution is 0.0979. The number of benzene rings is 3. The second-order valence-electron chi connectivity index (χ2n) is 5.55. The minimum Gasteiger partial charge on any atom is -0.405 e. The predicted molar refractivity (Wildman–Crippen MR) is 94.8 cm³/mol. The number of anilines is 1. The lowest BCUT2D eigenvalue weighted by Gasteiger charge is -2.26. The van der Waals surface area contributed by atoms with Crippen LogP contribution in [0, 0.1) is 0 Å². The highest BCUT2D eigenvalue weighted by atomic mass is 16.1. The van der Waals surface area contributed by atoms with Crippen LogP contribution in [0.15, 0.2) is 78.9 Å². The summed E-state index contributed by atoms with van der Waals surface area (Å²) in [5.41, 5.74) is 4.86. The monoisotopic (exact) mass is 298 g/mol. The number of hydrogen-bond donors (Lipinski definition) is 2. The highest BCUT2D eigenvalue weighted by Crippen LogP contribution is 2.21. The summed E-state index contributed by atoms with van der Waals surface area (Å²) in [5.74, 6) is -0.0489. The van der Waals surface area contributed by atoms with Crippen LogP contribution < -0.4 is 15.9 Å². The van der Waals surface area contributed by atoms with E-state index in [9.17, 15) is 4.79 Å². The number of carbonyl (C=O) groups is 1. The molecule has 0 spiro atoms. The Morgan fingerprint density at radius 1 is 0.652 bits per heavy atom.